The monoisotopic (exact) mass is 262 g/mol. The Bertz CT molecular complexity index is 115. The molecule has 7 heteroatoms. The minimum absolute atomic E-state index is 0.122. The molecule has 0 fully saturated rings. The Balaban J connectivity index is 0. The zero-order valence-electron chi connectivity index (χ0n) is 6.71. The molecule has 0 heterocycles. The Morgan fingerprint density at radius 1 is 1.15 bits per heavy atom. The van der Waals surface area contributed by atoms with Gasteiger partial charge in [0.1, 0.15) is 0 Å². The van der Waals surface area contributed by atoms with Gasteiger partial charge in [0.15, 0.2) is 0 Å². The van der Waals surface area contributed by atoms with E-state index in [9.17, 15) is 17.6 Å². The second kappa shape index (κ2) is 7.94. The van der Waals surface area contributed by atoms with Crippen LogP contribution >= 0.6 is 34.8 Å². The molecule has 2 unspecified atom stereocenters. The highest BCUT2D eigenvalue weighted by atomic mass is 35.5. The zero-order chi connectivity index (χ0) is 11.1. The number of alkyl halides is 7. The maximum Gasteiger partial charge on any atom is 0.420 e. The average Bonchev–Trinajstić information content (AvgIpc) is 2.02. The summed E-state index contributed by atoms with van der Waals surface area (Å²) >= 11 is 15.1. The number of hydrogen-bond acceptors (Lipinski definition) is 0. The molecule has 82 valence electrons. The van der Waals surface area contributed by atoms with Crippen LogP contribution in [0.5, 0.6) is 0 Å². The Morgan fingerprint density at radius 3 is 1.46 bits per heavy atom. The average molecular weight is 263 g/mol. The predicted molar refractivity (Wildman–Crippen MR) is 47.7 cm³/mol. The van der Waals surface area contributed by atoms with E-state index in [1.807, 2.05) is 6.92 Å². The van der Waals surface area contributed by atoms with Crippen LogP contribution in [0.1, 0.15) is 6.92 Å². The normalized spacial score (nSPS) is 15.7. The van der Waals surface area contributed by atoms with Crippen molar-refractivity contribution in [3.8, 4) is 0 Å². The van der Waals surface area contributed by atoms with Crippen LogP contribution in [-0.4, -0.2) is 29.5 Å². The lowest BCUT2D eigenvalue weighted by atomic mass is 10.4. The van der Waals surface area contributed by atoms with Gasteiger partial charge < -0.3 is 0 Å². The first kappa shape index (κ1) is 16.0. The lowest BCUT2D eigenvalue weighted by Crippen LogP contribution is -2.25. The van der Waals surface area contributed by atoms with Crippen molar-refractivity contribution in [1.82, 2.24) is 0 Å². The van der Waals surface area contributed by atoms with Gasteiger partial charge in [-0.25, -0.2) is 4.39 Å². The van der Waals surface area contributed by atoms with Gasteiger partial charge >= 0.3 is 6.18 Å². The molecule has 0 radical (unpaired) electrons. The van der Waals surface area contributed by atoms with Crippen LogP contribution in [0.25, 0.3) is 0 Å². The van der Waals surface area contributed by atoms with Gasteiger partial charge in [-0.1, -0.05) is 0 Å². The van der Waals surface area contributed by atoms with E-state index in [4.69, 9.17) is 23.2 Å². The van der Waals surface area contributed by atoms with Crippen molar-refractivity contribution in [3.63, 3.8) is 0 Å². The zero-order valence-corrected chi connectivity index (χ0v) is 8.98. The van der Waals surface area contributed by atoms with Gasteiger partial charge in [-0.05, 0) is 6.92 Å². The molecule has 0 rings (SSSR count). The summed E-state index contributed by atoms with van der Waals surface area (Å²) in [7, 11) is 0. The maximum atomic E-state index is 11.4. The van der Waals surface area contributed by atoms with Crippen LogP contribution in [0.2, 0.25) is 0 Å². The Labute approximate surface area is 89.1 Å². The van der Waals surface area contributed by atoms with Gasteiger partial charge in [-0.3, -0.25) is 0 Å². The molecule has 0 amide bonds. The molecule has 0 saturated carbocycles. The van der Waals surface area contributed by atoms with Gasteiger partial charge in [0, 0.05) is 11.3 Å². The van der Waals surface area contributed by atoms with Crippen LogP contribution in [-0.2, 0) is 0 Å². The number of rotatable bonds is 2. The van der Waals surface area contributed by atoms with Crippen molar-refractivity contribution in [3.05, 3.63) is 0 Å². The van der Waals surface area contributed by atoms with Crippen molar-refractivity contribution >= 4 is 34.8 Å². The third-order valence-corrected chi connectivity index (χ3v) is 1.75. The summed E-state index contributed by atoms with van der Waals surface area (Å²) in [6.45, 7) is 1.86. The number of halogens is 7. The lowest BCUT2D eigenvalue weighted by Gasteiger charge is -2.06. The molecule has 0 spiro atoms. The van der Waals surface area contributed by atoms with Crippen molar-refractivity contribution in [1.29, 1.82) is 0 Å². The van der Waals surface area contributed by atoms with E-state index in [0.29, 0.717) is 5.88 Å². The van der Waals surface area contributed by atoms with Crippen LogP contribution < -0.4 is 0 Å². The minimum Gasteiger partial charge on any atom is -0.236 e. The molecule has 0 aromatic rings. The van der Waals surface area contributed by atoms with Crippen LogP contribution in [0.15, 0.2) is 0 Å². The van der Waals surface area contributed by atoms with Crippen molar-refractivity contribution < 1.29 is 17.6 Å². The van der Waals surface area contributed by atoms with Gasteiger partial charge in [0.05, 0.1) is 5.88 Å². The molecule has 13 heavy (non-hydrogen) atoms. The summed E-state index contributed by atoms with van der Waals surface area (Å²) in [6, 6.07) is 0. The topological polar surface area (TPSA) is 0 Å². The fraction of sp³-hybridized carbons (Fsp3) is 1.00. The van der Waals surface area contributed by atoms with Gasteiger partial charge in [-0.2, -0.15) is 13.2 Å². The smallest absolute Gasteiger partial charge is 0.236 e. The lowest BCUT2D eigenvalue weighted by molar-refractivity contribution is -0.173. The Hall–Kier alpha value is 0.590. The van der Waals surface area contributed by atoms with Crippen molar-refractivity contribution in [2.75, 3.05) is 11.8 Å². The fourth-order valence-electron chi connectivity index (χ4n) is 0.0875. The van der Waals surface area contributed by atoms with E-state index in [0.717, 1.165) is 0 Å². The van der Waals surface area contributed by atoms with E-state index >= 15 is 0 Å². The van der Waals surface area contributed by atoms with Crippen LogP contribution in [0.3, 0.4) is 0 Å². The molecule has 0 aromatic carbocycles. The first-order valence-electron chi connectivity index (χ1n) is 3.22. The standard InChI is InChI=1S/C3H6Cl2.C3H3ClF4/c1-3(5)2-4;4-1-2(5)3(6,7)8/h3H,2H2,1H3;2H,1H2. The molecule has 0 aromatic heterocycles. The largest absolute Gasteiger partial charge is 0.420 e. The molecule has 0 N–H and O–H groups in total. The molecule has 0 aliphatic carbocycles. The molecule has 0 saturated heterocycles. The molecule has 0 nitrogen and oxygen atoms in total. The van der Waals surface area contributed by atoms with Crippen LogP contribution in [0, 0.1) is 0 Å². The minimum atomic E-state index is -4.79. The highest BCUT2D eigenvalue weighted by Gasteiger charge is 2.39. The number of hydrogen-bond donors (Lipinski definition) is 0. The molecule has 2 atom stereocenters. The maximum absolute atomic E-state index is 11.4. The molecule has 0 aliphatic rings. The second-order valence-corrected chi connectivity index (χ2v) is 3.46. The fourth-order valence-corrected chi connectivity index (χ4v) is 0.262. The predicted octanol–water partition coefficient (Wildman–Crippen LogP) is 3.98. The highest BCUT2D eigenvalue weighted by molar-refractivity contribution is 6.27. The Kier molecular flexibility index (Phi) is 9.80. The van der Waals surface area contributed by atoms with Gasteiger partial charge in [-0.15, -0.1) is 34.8 Å². The summed E-state index contributed by atoms with van der Waals surface area (Å²) in [4.78, 5) is 0. The van der Waals surface area contributed by atoms with Crippen molar-refractivity contribution in [2.45, 2.75) is 24.6 Å². The summed E-state index contributed by atoms with van der Waals surface area (Å²) < 4.78 is 44.4. The summed E-state index contributed by atoms with van der Waals surface area (Å²) in [5.74, 6) is -0.481. The van der Waals surface area contributed by atoms with Crippen molar-refractivity contribution in [2.24, 2.45) is 0 Å². The summed E-state index contributed by atoms with van der Waals surface area (Å²) in [5, 5.41) is 0.122. The van der Waals surface area contributed by atoms with E-state index in [2.05, 4.69) is 11.6 Å². The first-order chi connectivity index (χ1) is 5.75. The summed E-state index contributed by atoms with van der Waals surface area (Å²) in [6.07, 6.45) is -7.67. The quantitative estimate of drug-likeness (QED) is 0.522. The SMILES string of the molecule is CC(Cl)CCl.FC(CCl)C(F)(F)F. The molecular weight excluding hydrogens is 254 g/mol. The van der Waals surface area contributed by atoms with Gasteiger partial charge in [0.2, 0.25) is 6.17 Å². The Morgan fingerprint density at radius 2 is 1.46 bits per heavy atom. The van der Waals surface area contributed by atoms with E-state index in [-0.39, 0.29) is 5.38 Å². The first-order valence-corrected chi connectivity index (χ1v) is 4.73. The van der Waals surface area contributed by atoms with E-state index in [1.165, 1.54) is 0 Å². The van der Waals surface area contributed by atoms with Gasteiger partial charge in [0.25, 0.3) is 0 Å². The van der Waals surface area contributed by atoms with E-state index in [1.54, 1.807) is 0 Å². The second-order valence-electron chi connectivity index (χ2n) is 2.10. The molecular formula is C6H9Cl3F4. The van der Waals surface area contributed by atoms with Crippen LogP contribution in [0.4, 0.5) is 17.6 Å². The molecule has 0 aliphatic heterocycles. The third-order valence-electron chi connectivity index (χ3n) is 0.703. The third kappa shape index (κ3) is 12.6. The molecule has 0 bridgehead atoms. The highest BCUT2D eigenvalue weighted by Crippen LogP contribution is 2.23. The van der Waals surface area contributed by atoms with E-state index < -0.39 is 18.2 Å². The summed E-state index contributed by atoms with van der Waals surface area (Å²) in [5.41, 5.74) is 0.